The highest BCUT2D eigenvalue weighted by atomic mass is 32.1. The van der Waals surface area contributed by atoms with E-state index in [1.807, 2.05) is 22.3 Å². The van der Waals surface area contributed by atoms with E-state index in [4.69, 9.17) is 0 Å². The number of hydrogen-bond donors (Lipinski definition) is 0. The molecule has 4 heterocycles. The van der Waals surface area contributed by atoms with Crippen LogP contribution in [0.4, 0.5) is 4.39 Å². The summed E-state index contributed by atoms with van der Waals surface area (Å²) in [4.78, 5) is 19.7. The number of hydrogen-bond acceptors (Lipinski definition) is 4. The number of thiophene rings is 2. The first-order valence-electron chi connectivity index (χ1n) is 9.45. The van der Waals surface area contributed by atoms with E-state index in [1.54, 1.807) is 10.9 Å². The van der Waals surface area contributed by atoms with Crippen LogP contribution < -0.4 is 0 Å². The van der Waals surface area contributed by atoms with Crippen molar-refractivity contribution in [2.75, 3.05) is 19.6 Å². The van der Waals surface area contributed by atoms with Crippen molar-refractivity contribution in [3.05, 3.63) is 56.8 Å². The summed E-state index contributed by atoms with van der Waals surface area (Å²) < 4.78 is 14.4. The van der Waals surface area contributed by atoms with E-state index in [0.29, 0.717) is 6.04 Å². The van der Waals surface area contributed by atoms with Crippen LogP contribution >= 0.6 is 22.7 Å². The zero-order chi connectivity index (χ0) is 18.4. The van der Waals surface area contributed by atoms with E-state index in [-0.39, 0.29) is 11.7 Å². The fraction of sp³-hybridized carbons (Fsp3) is 0.381. The molecule has 6 heteroatoms. The lowest BCUT2D eigenvalue weighted by Crippen LogP contribution is -2.47. The molecule has 0 atom stereocenters. The number of fused-ring (bicyclic) bond motifs is 2. The van der Waals surface area contributed by atoms with E-state index in [2.05, 4.69) is 16.3 Å². The van der Waals surface area contributed by atoms with Crippen LogP contribution in [0.5, 0.6) is 0 Å². The van der Waals surface area contributed by atoms with Crippen molar-refractivity contribution in [3.8, 4) is 0 Å². The second-order valence-corrected chi connectivity index (χ2v) is 9.49. The van der Waals surface area contributed by atoms with E-state index >= 15 is 0 Å². The van der Waals surface area contributed by atoms with Crippen molar-refractivity contribution >= 4 is 38.7 Å². The summed E-state index contributed by atoms with van der Waals surface area (Å²) in [7, 11) is 0. The molecule has 27 heavy (non-hydrogen) atoms. The molecule has 1 amide bonds. The summed E-state index contributed by atoms with van der Waals surface area (Å²) in [6.45, 7) is 3.80. The normalized spacial score (nSPS) is 18.8. The highest BCUT2D eigenvalue weighted by Crippen LogP contribution is 2.30. The number of nitrogens with zero attached hydrogens (tertiary/aromatic N) is 2. The van der Waals surface area contributed by atoms with Gasteiger partial charge in [-0.25, -0.2) is 4.39 Å². The molecule has 5 rings (SSSR count). The minimum Gasteiger partial charge on any atom is -0.338 e. The van der Waals surface area contributed by atoms with Gasteiger partial charge in [0.25, 0.3) is 5.91 Å². The minimum atomic E-state index is -0.254. The highest BCUT2D eigenvalue weighted by molar-refractivity contribution is 7.20. The average Bonchev–Trinajstić information content (AvgIpc) is 3.33. The molecule has 0 N–H and O–H groups in total. The molecule has 0 unspecified atom stereocenters. The number of piperidine rings is 1. The Hall–Kier alpha value is -1.76. The summed E-state index contributed by atoms with van der Waals surface area (Å²) in [5, 5.41) is 3.02. The van der Waals surface area contributed by atoms with Crippen molar-refractivity contribution in [2.45, 2.75) is 31.8 Å². The second-order valence-electron chi connectivity index (χ2n) is 7.41. The van der Waals surface area contributed by atoms with Gasteiger partial charge in [-0.05, 0) is 65.9 Å². The van der Waals surface area contributed by atoms with Gasteiger partial charge < -0.3 is 4.90 Å². The van der Waals surface area contributed by atoms with Crippen molar-refractivity contribution in [1.29, 1.82) is 0 Å². The number of likely N-dealkylation sites (tertiary alicyclic amines) is 1. The van der Waals surface area contributed by atoms with Crippen LogP contribution in [0.15, 0.2) is 35.7 Å². The van der Waals surface area contributed by atoms with Crippen molar-refractivity contribution in [1.82, 2.24) is 9.80 Å². The first kappa shape index (κ1) is 17.3. The number of benzene rings is 1. The van der Waals surface area contributed by atoms with Crippen LogP contribution in [0.2, 0.25) is 0 Å². The lowest BCUT2D eigenvalue weighted by atomic mass is 9.99. The highest BCUT2D eigenvalue weighted by Gasteiger charge is 2.30. The number of halogens is 1. The molecule has 1 saturated heterocycles. The van der Waals surface area contributed by atoms with Crippen LogP contribution in [0.1, 0.15) is 33.0 Å². The molecule has 0 bridgehead atoms. The third kappa shape index (κ3) is 3.30. The molecule has 2 aliphatic rings. The van der Waals surface area contributed by atoms with Gasteiger partial charge in [-0.15, -0.1) is 22.7 Å². The van der Waals surface area contributed by atoms with Crippen LogP contribution in [0.25, 0.3) is 10.1 Å². The zero-order valence-electron chi connectivity index (χ0n) is 15.0. The Morgan fingerprint density at radius 1 is 1.11 bits per heavy atom. The first-order chi connectivity index (χ1) is 13.2. The second kappa shape index (κ2) is 7.00. The fourth-order valence-corrected chi connectivity index (χ4v) is 6.19. The van der Waals surface area contributed by atoms with Crippen molar-refractivity contribution in [2.24, 2.45) is 0 Å². The summed E-state index contributed by atoms with van der Waals surface area (Å²) in [6.07, 6.45) is 3.22. The van der Waals surface area contributed by atoms with Gasteiger partial charge in [0, 0.05) is 41.8 Å². The predicted molar refractivity (Wildman–Crippen MR) is 109 cm³/mol. The molecular weight excluding hydrogens is 379 g/mol. The van der Waals surface area contributed by atoms with Gasteiger partial charge >= 0.3 is 0 Å². The Morgan fingerprint density at radius 2 is 1.96 bits per heavy atom. The van der Waals surface area contributed by atoms with E-state index in [9.17, 15) is 9.18 Å². The maximum atomic E-state index is 13.4. The number of carbonyl (C=O) groups excluding carboxylic acids is 1. The van der Waals surface area contributed by atoms with E-state index in [0.717, 1.165) is 60.4 Å². The van der Waals surface area contributed by atoms with Crippen molar-refractivity contribution in [3.63, 3.8) is 0 Å². The third-order valence-electron chi connectivity index (χ3n) is 5.79. The molecule has 3 aromatic rings. The molecule has 0 spiro atoms. The SMILES string of the molecule is O=C(c1cc2cc(F)ccc2s1)N1CCC(N2CCc3sccc3C2)CC1. The number of rotatable bonds is 2. The van der Waals surface area contributed by atoms with Gasteiger partial charge in [-0.1, -0.05) is 0 Å². The quantitative estimate of drug-likeness (QED) is 0.619. The monoisotopic (exact) mass is 400 g/mol. The molecule has 0 saturated carbocycles. The van der Waals surface area contributed by atoms with Gasteiger partial charge in [0.2, 0.25) is 0 Å². The van der Waals surface area contributed by atoms with Gasteiger partial charge in [-0.2, -0.15) is 0 Å². The Morgan fingerprint density at radius 3 is 2.81 bits per heavy atom. The standard InChI is InChI=1S/C21H21FN2OS2/c22-16-1-2-19-15(11-16)12-20(27-19)21(25)23-7-3-17(4-8-23)24-9-5-18-14(13-24)6-10-26-18/h1-2,6,10-12,17H,3-5,7-9,13H2. The molecule has 3 nitrogen and oxygen atoms in total. The molecular formula is C21H21FN2OS2. The van der Waals surface area contributed by atoms with Crippen molar-refractivity contribution < 1.29 is 9.18 Å². The Balaban J connectivity index is 1.24. The van der Waals surface area contributed by atoms with Gasteiger partial charge in [-0.3, -0.25) is 9.69 Å². The van der Waals surface area contributed by atoms with Crippen LogP contribution in [-0.2, 0) is 13.0 Å². The Bertz CT molecular complexity index is 987. The number of carbonyl (C=O) groups is 1. The van der Waals surface area contributed by atoms with Crippen LogP contribution in [0, 0.1) is 5.82 Å². The third-order valence-corrected chi connectivity index (χ3v) is 7.92. The van der Waals surface area contributed by atoms with Gasteiger partial charge in [0.15, 0.2) is 0 Å². The largest absolute Gasteiger partial charge is 0.338 e. The smallest absolute Gasteiger partial charge is 0.263 e. The summed E-state index contributed by atoms with van der Waals surface area (Å²) >= 11 is 3.34. The van der Waals surface area contributed by atoms with E-state index in [1.165, 1.54) is 29.0 Å². The van der Waals surface area contributed by atoms with Gasteiger partial charge in [0.1, 0.15) is 5.82 Å². The maximum absolute atomic E-state index is 13.4. The topological polar surface area (TPSA) is 23.6 Å². The first-order valence-corrected chi connectivity index (χ1v) is 11.1. The molecule has 1 fully saturated rings. The zero-order valence-corrected chi connectivity index (χ0v) is 16.6. The van der Waals surface area contributed by atoms with Crippen LogP contribution in [0.3, 0.4) is 0 Å². The average molecular weight is 401 g/mol. The van der Waals surface area contributed by atoms with Crippen LogP contribution in [-0.4, -0.2) is 41.4 Å². The molecule has 0 aliphatic carbocycles. The van der Waals surface area contributed by atoms with E-state index < -0.39 is 0 Å². The van der Waals surface area contributed by atoms with Gasteiger partial charge in [0.05, 0.1) is 4.88 Å². The summed E-state index contributed by atoms with van der Waals surface area (Å²) in [5.41, 5.74) is 1.49. The fourth-order valence-electron chi connectivity index (χ4n) is 4.29. The summed E-state index contributed by atoms with van der Waals surface area (Å²) in [6, 6.07) is 9.38. The summed E-state index contributed by atoms with van der Waals surface area (Å²) in [5.74, 6) is -0.163. The molecule has 1 aromatic carbocycles. The lowest BCUT2D eigenvalue weighted by Gasteiger charge is -2.40. The Labute approximate surface area is 166 Å². The lowest BCUT2D eigenvalue weighted by molar-refractivity contribution is 0.0605. The molecule has 2 aromatic heterocycles. The molecule has 140 valence electrons. The number of amides is 1. The predicted octanol–water partition coefficient (Wildman–Crippen LogP) is 4.76. The Kier molecular flexibility index (Phi) is 4.50. The maximum Gasteiger partial charge on any atom is 0.263 e. The molecule has 0 radical (unpaired) electrons. The minimum absolute atomic E-state index is 0.0915. The molecule has 2 aliphatic heterocycles.